The zero-order valence-electron chi connectivity index (χ0n) is 20.0. The minimum atomic E-state index is 0.179. The topological polar surface area (TPSA) is 66.7 Å². The van der Waals surface area contributed by atoms with E-state index in [1.807, 2.05) is 29.0 Å². The van der Waals surface area contributed by atoms with Gasteiger partial charge in [0, 0.05) is 45.0 Å². The van der Waals surface area contributed by atoms with Gasteiger partial charge < -0.3 is 15.4 Å². The Morgan fingerprint density at radius 1 is 1.18 bits per heavy atom. The van der Waals surface area contributed by atoms with Gasteiger partial charge in [0.25, 0.3) is 0 Å². The molecule has 2 aliphatic heterocycles. The third-order valence-electron chi connectivity index (χ3n) is 6.20. The summed E-state index contributed by atoms with van der Waals surface area (Å²) in [6.07, 6.45) is 9.60. The molecule has 3 heterocycles. The Morgan fingerprint density at radius 3 is 2.76 bits per heavy atom. The van der Waals surface area contributed by atoms with Crippen LogP contribution in [0.25, 0.3) is 0 Å². The molecule has 4 rings (SSSR count). The van der Waals surface area contributed by atoms with Crippen molar-refractivity contribution in [2.75, 3.05) is 51.3 Å². The van der Waals surface area contributed by atoms with Gasteiger partial charge in [0.1, 0.15) is 0 Å². The number of aliphatic imine (C=N–C) groups is 1. The highest BCUT2D eigenvalue weighted by Gasteiger charge is 2.23. The van der Waals surface area contributed by atoms with Gasteiger partial charge in [-0.1, -0.05) is 61.7 Å². The molecule has 2 aromatic rings. The molecule has 34 heavy (non-hydrogen) atoms. The van der Waals surface area contributed by atoms with E-state index in [0.29, 0.717) is 0 Å². The highest BCUT2D eigenvalue weighted by atomic mass is 16.5. The smallest absolute Gasteiger partial charge is 0.151 e. The molecule has 0 saturated carbocycles. The predicted octanol–water partition coefficient (Wildman–Crippen LogP) is 3.28. The molecule has 1 saturated heterocycles. The number of anilines is 1. The summed E-state index contributed by atoms with van der Waals surface area (Å²) in [6, 6.07) is 10.7. The highest BCUT2D eigenvalue weighted by Crippen LogP contribution is 2.20. The monoisotopic (exact) mass is 460 g/mol. The first kappa shape index (κ1) is 24.0. The Hall–Kier alpha value is -3.16. The molecule has 0 aliphatic carbocycles. The van der Waals surface area contributed by atoms with Crippen LogP contribution in [-0.2, 0) is 17.7 Å². The van der Waals surface area contributed by atoms with Gasteiger partial charge >= 0.3 is 0 Å². The van der Waals surface area contributed by atoms with Crippen LogP contribution in [0.2, 0.25) is 0 Å². The normalized spacial score (nSPS) is 20.2. The number of morpholine rings is 1. The quantitative estimate of drug-likeness (QED) is 0.533. The number of hydrogen-bond donors (Lipinski definition) is 2. The fraction of sp³-hybridized carbons (Fsp3) is 0.407. The van der Waals surface area contributed by atoms with E-state index in [4.69, 9.17) is 14.8 Å². The minimum Gasteiger partial charge on any atom is -0.380 e. The third-order valence-corrected chi connectivity index (χ3v) is 6.20. The van der Waals surface area contributed by atoms with Gasteiger partial charge in [0.15, 0.2) is 11.5 Å². The van der Waals surface area contributed by atoms with Crippen LogP contribution in [0.3, 0.4) is 0 Å². The first-order valence-corrected chi connectivity index (χ1v) is 12.2. The van der Waals surface area contributed by atoms with Crippen molar-refractivity contribution in [1.82, 2.24) is 20.0 Å². The number of allylic oxidation sites excluding steroid dienone is 3. The molecule has 180 valence electrons. The largest absolute Gasteiger partial charge is 0.380 e. The van der Waals surface area contributed by atoms with E-state index in [9.17, 15) is 0 Å². The SMILES string of the molecule is C=C/C=C(\C=C)C[C@@H]1CNc2cn(CCc3ccccc3)nc2C(=NCCN2CCOCC2)N1. The molecule has 1 atom stereocenters. The van der Waals surface area contributed by atoms with Crippen molar-refractivity contribution in [2.45, 2.75) is 25.4 Å². The zero-order chi connectivity index (χ0) is 23.6. The average Bonchev–Trinajstić information content (AvgIpc) is 3.22. The molecule has 2 N–H and O–H groups in total. The predicted molar refractivity (Wildman–Crippen MR) is 140 cm³/mol. The Morgan fingerprint density at radius 2 is 2.00 bits per heavy atom. The first-order chi connectivity index (χ1) is 16.7. The van der Waals surface area contributed by atoms with Crippen molar-refractivity contribution in [1.29, 1.82) is 0 Å². The van der Waals surface area contributed by atoms with Crippen molar-refractivity contribution in [2.24, 2.45) is 4.99 Å². The van der Waals surface area contributed by atoms with Crippen LogP contribution in [0, 0.1) is 0 Å². The van der Waals surface area contributed by atoms with Crippen LogP contribution in [0.1, 0.15) is 17.7 Å². The number of ether oxygens (including phenoxy) is 1. The van der Waals surface area contributed by atoms with E-state index in [-0.39, 0.29) is 6.04 Å². The van der Waals surface area contributed by atoms with Crippen LogP contribution >= 0.6 is 0 Å². The van der Waals surface area contributed by atoms with E-state index < -0.39 is 0 Å². The van der Waals surface area contributed by atoms with Crippen molar-refractivity contribution in [3.05, 3.63) is 84.7 Å². The first-order valence-electron chi connectivity index (χ1n) is 12.2. The molecule has 1 fully saturated rings. The van der Waals surface area contributed by atoms with Crippen molar-refractivity contribution in [3.8, 4) is 0 Å². The third kappa shape index (κ3) is 6.68. The number of hydrogen-bond acceptors (Lipinski definition) is 5. The Kier molecular flexibility index (Phi) is 8.71. The fourth-order valence-corrected chi connectivity index (χ4v) is 4.30. The van der Waals surface area contributed by atoms with Gasteiger partial charge in [-0.05, 0) is 24.0 Å². The summed E-state index contributed by atoms with van der Waals surface area (Å²) in [6.45, 7) is 14.6. The van der Waals surface area contributed by atoms with Gasteiger partial charge in [-0.25, -0.2) is 0 Å². The van der Waals surface area contributed by atoms with E-state index in [1.54, 1.807) is 0 Å². The summed E-state index contributed by atoms with van der Waals surface area (Å²) < 4.78 is 7.49. The lowest BCUT2D eigenvalue weighted by Gasteiger charge is -2.25. The number of benzene rings is 1. The number of nitrogens with one attached hydrogen (secondary N) is 2. The summed E-state index contributed by atoms with van der Waals surface area (Å²) in [5.41, 5.74) is 4.38. The molecule has 1 aromatic carbocycles. The Balaban J connectivity index is 1.49. The number of fused-ring (bicyclic) bond motifs is 1. The maximum Gasteiger partial charge on any atom is 0.151 e. The second-order valence-corrected chi connectivity index (χ2v) is 8.68. The van der Waals surface area contributed by atoms with Crippen LogP contribution in [-0.4, -0.2) is 72.5 Å². The second-order valence-electron chi connectivity index (χ2n) is 8.68. The Labute approximate surface area is 202 Å². The number of nitrogens with zero attached hydrogens (tertiary/aromatic N) is 4. The molecule has 0 bridgehead atoms. The second kappa shape index (κ2) is 12.3. The van der Waals surface area contributed by atoms with Crippen molar-refractivity contribution >= 4 is 11.5 Å². The summed E-state index contributed by atoms with van der Waals surface area (Å²) in [5, 5.41) is 12.2. The van der Waals surface area contributed by atoms with E-state index in [0.717, 1.165) is 88.1 Å². The van der Waals surface area contributed by atoms with Crippen LogP contribution in [0.4, 0.5) is 5.69 Å². The van der Waals surface area contributed by atoms with E-state index in [2.05, 4.69) is 59.2 Å². The van der Waals surface area contributed by atoms with E-state index >= 15 is 0 Å². The van der Waals surface area contributed by atoms with Gasteiger partial charge in [-0.2, -0.15) is 5.10 Å². The summed E-state index contributed by atoms with van der Waals surface area (Å²) in [7, 11) is 0. The number of aryl methyl sites for hydroxylation is 2. The van der Waals surface area contributed by atoms with Crippen LogP contribution < -0.4 is 10.6 Å². The molecular weight excluding hydrogens is 424 g/mol. The molecule has 0 amide bonds. The lowest BCUT2D eigenvalue weighted by molar-refractivity contribution is 0.0394. The lowest BCUT2D eigenvalue weighted by Crippen LogP contribution is -2.40. The minimum absolute atomic E-state index is 0.179. The van der Waals surface area contributed by atoms with Gasteiger partial charge in [0.05, 0.1) is 25.4 Å². The van der Waals surface area contributed by atoms with E-state index in [1.165, 1.54) is 5.56 Å². The van der Waals surface area contributed by atoms with Crippen LogP contribution in [0.5, 0.6) is 0 Å². The molecule has 0 unspecified atom stereocenters. The zero-order valence-corrected chi connectivity index (χ0v) is 20.0. The maximum absolute atomic E-state index is 5.47. The Bertz CT molecular complexity index is 1000. The van der Waals surface area contributed by atoms with Gasteiger partial charge in [0.2, 0.25) is 0 Å². The summed E-state index contributed by atoms with van der Waals surface area (Å²) in [5.74, 6) is 0.860. The average molecular weight is 461 g/mol. The molecule has 1 aromatic heterocycles. The molecular formula is C27H36N6O. The van der Waals surface area contributed by atoms with Crippen LogP contribution in [0.15, 0.2) is 78.5 Å². The fourth-order valence-electron chi connectivity index (χ4n) is 4.30. The standard InChI is InChI=1S/C27H36N6O/c1-3-8-22(4-2)19-24-20-29-25-21-33(13-11-23-9-6-5-7-10-23)31-26(25)27(30-24)28-12-14-32-15-17-34-18-16-32/h3-10,21,24,29H,1-2,11-20H2,(H,28,30)/b22-8+/t24-/m1/s1. The molecule has 0 radical (unpaired) electrons. The number of amidine groups is 1. The van der Waals surface area contributed by atoms with Gasteiger partial charge in [-0.3, -0.25) is 14.6 Å². The number of rotatable bonds is 10. The van der Waals surface area contributed by atoms with Crippen molar-refractivity contribution < 1.29 is 4.74 Å². The number of aromatic nitrogens is 2. The highest BCUT2D eigenvalue weighted by molar-refractivity contribution is 6.02. The summed E-state index contributed by atoms with van der Waals surface area (Å²) >= 11 is 0. The molecule has 7 nitrogen and oxygen atoms in total. The molecule has 7 heteroatoms. The summed E-state index contributed by atoms with van der Waals surface area (Å²) in [4.78, 5) is 7.39. The van der Waals surface area contributed by atoms with Crippen molar-refractivity contribution in [3.63, 3.8) is 0 Å². The van der Waals surface area contributed by atoms with Gasteiger partial charge in [-0.15, -0.1) is 0 Å². The lowest BCUT2D eigenvalue weighted by atomic mass is 10.1. The molecule has 0 spiro atoms. The molecule has 2 aliphatic rings. The maximum atomic E-state index is 5.47.